The topological polar surface area (TPSA) is 91.4 Å². The van der Waals surface area contributed by atoms with Crippen molar-refractivity contribution in [2.24, 2.45) is 0 Å². The molecule has 1 aromatic carbocycles. The van der Waals surface area contributed by atoms with Gasteiger partial charge in [0.2, 0.25) is 0 Å². The molecule has 0 spiro atoms. The second-order valence-corrected chi connectivity index (χ2v) is 7.76. The highest BCUT2D eigenvalue weighted by Gasteiger charge is 2.43. The highest BCUT2D eigenvalue weighted by Crippen LogP contribution is 2.24. The van der Waals surface area contributed by atoms with Crippen molar-refractivity contribution >= 4 is 17.9 Å². The summed E-state index contributed by atoms with van der Waals surface area (Å²) in [5.74, 6) is -0.684. The van der Waals surface area contributed by atoms with E-state index in [1.165, 1.54) is 20.8 Å². The number of nitrogens with zero attached hydrogens (tertiary/aromatic N) is 1. The second-order valence-electron chi connectivity index (χ2n) is 7.76. The third-order valence-electron chi connectivity index (χ3n) is 4.89. The summed E-state index contributed by atoms with van der Waals surface area (Å²) >= 11 is 0. The maximum Gasteiger partial charge on any atom is 0.303 e. The fourth-order valence-corrected chi connectivity index (χ4v) is 3.63. The van der Waals surface area contributed by atoms with E-state index < -0.39 is 36.2 Å². The normalized spacial score (nSPS) is 21.2. The molecule has 1 saturated heterocycles. The number of carbonyl (C=O) groups excluding carboxylic acids is 3. The van der Waals surface area contributed by atoms with Gasteiger partial charge in [-0.05, 0) is 24.1 Å². The summed E-state index contributed by atoms with van der Waals surface area (Å²) in [5.41, 5.74) is 1.04. The first kappa shape index (κ1) is 24.7. The predicted octanol–water partition coefficient (Wildman–Crippen LogP) is 2.87. The minimum absolute atomic E-state index is 0.352. The van der Waals surface area contributed by atoms with E-state index in [0.717, 1.165) is 30.6 Å². The number of hydrogen-bond acceptors (Lipinski definition) is 8. The van der Waals surface area contributed by atoms with Gasteiger partial charge in [0.1, 0.15) is 5.75 Å². The zero-order chi connectivity index (χ0) is 22.8. The van der Waals surface area contributed by atoms with E-state index in [4.69, 9.17) is 18.9 Å². The van der Waals surface area contributed by atoms with Crippen molar-refractivity contribution in [3.05, 3.63) is 29.8 Å². The Hall–Kier alpha value is -2.61. The molecule has 1 aliphatic rings. The fraction of sp³-hybridized carbons (Fsp3) is 0.609. The molecule has 1 aromatic rings. The van der Waals surface area contributed by atoms with E-state index >= 15 is 0 Å². The van der Waals surface area contributed by atoms with Crippen LogP contribution in [0.2, 0.25) is 0 Å². The van der Waals surface area contributed by atoms with Gasteiger partial charge in [0.15, 0.2) is 18.3 Å². The Kier molecular flexibility index (Phi) is 9.78. The molecule has 31 heavy (non-hydrogen) atoms. The minimum Gasteiger partial charge on any atom is -0.494 e. The first-order valence-corrected chi connectivity index (χ1v) is 10.7. The molecule has 0 aromatic heterocycles. The average Bonchev–Trinajstić information content (AvgIpc) is 2.68. The van der Waals surface area contributed by atoms with Crippen LogP contribution >= 0.6 is 0 Å². The quantitative estimate of drug-likeness (QED) is 0.315. The van der Waals surface area contributed by atoms with Gasteiger partial charge in [0.25, 0.3) is 0 Å². The van der Waals surface area contributed by atoms with Crippen LogP contribution in [0.1, 0.15) is 52.5 Å². The summed E-state index contributed by atoms with van der Waals surface area (Å²) in [7, 11) is 0. The van der Waals surface area contributed by atoms with Crippen LogP contribution in [0.25, 0.3) is 0 Å². The number of ether oxygens (including phenoxy) is 4. The Morgan fingerprint density at radius 1 is 0.871 bits per heavy atom. The SMILES string of the molecule is CCCCCOc1ccc(CN2C[C@H](OC(C)=O)C(OC(C)=O)[C@H](OC(C)=O)C2)cc1. The van der Waals surface area contributed by atoms with Gasteiger partial charge in [-0.2, -0.15) is 0 Å². The van der Waals surface area contributed by atoms with Gasteiger partial charge in [0, 0.05) is 40.4 Å². The van der Waals surface area contributed by atoms with E-state index in [0.29, 0.717) is 26.2 Å². The van der Waals surface area contributed by atoms with Crippen LogP contribution in [-0.4, -0.2) is 60.8 Å². The van der Waals surface area contributed by atoms with Gasteiger partial charge in [-0.25, -0.2) is 0 Å². The van der Waals surface area contributed by atoms with Crippen LogP contribution < -0.4 is 4.74 Å². The van der Waals surface area contributed by atoms with Crippen molar-refractivity contribution < 1.29 is 33.3 Å². The van der Waals surface area contributed by atoms with Crippen LogP contribution in [0.15, 0.2) is 24.3 Å². The molecule has 0 aliphatic carbocycles. The molecule has 0 N–H and O–H groups in total. The van der Waals surface area contributed by atoms with Crippen LogP contribution in [-0.2, 0) is 35.1 Å². The van der Waals surface area contributed by atoms with Crippen molar-refractivity contribution in [1.29, 1.82) is 0 Å². The maximum absolute atomic E-state index is 11.6. The lowest BCUT2D eigenvalue weighted by Gasteiger charge is -2.41. The number of rotatable bonds is 10. The molecule has 0 radical (unpaired) electrons. The lowest BCUT2D eigenvalue weighted by molar-refractivity contribution is -0.195. The maximum atomic E-state index is 11.6. The molecule has 1 heterocycles. The molecule has 2 rings (SSSR count). The van der Waals surface area contributed by atoms with E-state index in [1.54, 1.807) is 0 Å². The molecular weight excluding hydrogens is 402 g/mol. The number of esters is 3. The lowest BCUT2D eigenvalue weighted by atomic mass is 10.00. The Morgan fingerprint density at radius 2 is 1.42 bits per heavy atom. The third-order valence-corrected chi connectivity index (χ3v) is 4.89. The third kappa shape index (κ3) is 8.57. The smallest absolute Gasteiger partial charge is 0.303 e. The summed E-state index contributed by atoms with van der Waals surface area (Å²) in [4.78, 5) is 36.8. The standard InChI is InChI=1S/C23H33NO7/c1-5-6-7-12-28-20-10-8-19(9-11-20)13-24-14-21(29-16(2)25)23(31-18(4)27)22(15-24)30-17(3)26/h8-11,21-23H,5-7,12-15H2,1-4H3/t21-,22+,23?. The van der Waals surface area contributed by atoms with E-state index in [-0.39, 0.29) is 0 Å². The molecule has 1 fully saturated rings. The van der Waals surface area contributed by atoms with Crippen molar-refractivity contribution in [3.8, 4) is 5.75 Å². The molecule has 0 amide bonds. The van der Waals surface area contributed by atoms with E-state index in [1.807, 2.05) is 29.2 Å². The van der Waals surface area contributed by atoms with Gasteiger partial charge in [-0.3, -0.25) is 19.3 Å². The molecule has 1 unspecified atom stereocenters. The van der Waals surface area contributed by atoms with E-state index in [9.17, 15) is 14.4 Å². The van der Waals surface area contributed by atoms with Crippen LogP contribution in [0, 0.1) is 0 Å². The minimum atomic E-state index is -0.847. The Labute approximate surface area is 183 Å². The Morgan fingerprint density at radius 3 is 1.90 bits per heavy atom. The molecule has 0 bridgehead atoms. The van der Waals surface area contributed by atoms with Gasteiger partial charge >= 0.3 is 17.9 Å². The second kappa shape index (κ2) is 12.3. The number of hydrogen-bond donors (Lipinski definition) is 0. The van der Waals surface area contributed by atoms with Crippen LogP contribution in [0.4, 0.5) is 0 Å². The summed E-state index contributed by atoms with van der Waals surface area (Å²) in [6, 6.07) is 7.82. The zero-order valence-electron chi connectivity index (χ0n) is 18.8. The van der Waals surface area contributed by atoms with Crippen molar-refractivity contribution in [1.82, 2.24) is 4.90 Å². The van der Waals surface area contributed by atoms with Gasteiger partial charge < -0.3 is 18.9 Å². The van der Waals surface area contributed by atoms with Crippen molar-refractivity contribution in [2.45, 2.75) is 71.8 Å². The first-order valence-electron chi connectivity index (χ1n) is 10.7. The van der Waals surface area contributed by atoms with Crippen LogP contribution in [0.3, 0.4) is 0 Å². The number of unbranched alkanes of at least 4 members (excludes halogenated alkanes) is 2. The molecule has 8 nitrogen and oxygen atoms in total. The van der Waals surface area contributed by atoms with Crippen molar-refractivity contribution in [3.63, 3.8) is 0 Å². The number of likely N-dealkylation sites (tertiary alicyclic amines) is 1. The van der Waals surface area contributed by atoms with Gasteiger partial charge in [-0.15, -0.1) is 0 Å². The molecular formula is C23H33NO7. The monoisotopic (exact) mass is 435 g/mol. The fourth-order valence-electron chi connectivity index (χ4n) is 3.63. The predicted molar refractivity (Wildman–Crippen MR) is 113 cm³/mol. The Balaban J connectivity index is 2.06. The van der Waals surface area contributed by atoms with Gasteiger partial charge in [-0.1, -0.05) is 31.9 Å². The summed E-state index contributed by atoms with van der Waals surface area (Å²) in [6.07, 6.45) is 1.01. The molecule has 3 atom stereocenters. The number of piperidine rings is 1. The zero-order valence-corrected chi connectivity index (χ0v) is 18.8. The van der Waals surface area contributed by atoms with Gasteiger partial charge in [0.05, 0.1) is 6.61 Å². The molecule has 0 saturated carbocycles. The summed E-state index contributed by atoms with van der Waals surface area (Å²) in [6.45, 7) is 7.97. The largest absolute Gasteiger partial charge is 0.494 e. The lowest BCUT2D eigenvalue weighted by Crippen LogP contribution is -2.58. The first-order chi connectivity index (χ1) is 14.8. The number of benzene rings is 1. The summed E-state index contributed by atoms with van der Waals surface area (Å²) < 4.78 is 21.9. The summed E-state index contributed by atoms with van der Waals surface area (Å²) in [5, 5.41) is 0. The molecule has 172 valence electrons. The van der Waals surface area contributed by atoms with Crippen LogP contribution in [0.5, 0.6) is 5.75 Å². The highest BCUT2D eigenvalue weighted by molar-refractivity contribution is 5.68. The van der Waals surface area contributed by atoms with E-state index in [2.05, 4.69) is 6.92 Å². The highest BCUT2D eigenvalue weighted by atomic mass is 16.6. The van der Waals surface area contributed by atoms with Crippen molar-refractivity contribution in [2.75, 3.05) is 19.7 Å². The Bertz CT molecular complexity index is 708. The molecule has 1 aliphatic heterocycles. The molecule has 8 heteroatoms. The average molecular weight is 436 g/mol. The number of carbonyl (C=O) groups is 3.